The zero-order valence-electron chi connectivity index (χ0n) is 11.5. The molecule has 1 saturated heterocycles. The van der Waals surface area contributed by atoms with E-state index in [2.05, 4.69) is 11.2 Å². The lowest BCUT2D eigenvalue weighted by atomic mass is 9.82. The van der Waals surface area contributed by atoms with Crippen molar-refractivity contribution < 1.29 is 9.59 Å². The van der Waals surface area contributed by atoms with Crippen molar-refractivity contribution in [2.45, 2.75) is 57.5 Å². The number of hydrogen-bond acceptors (Lipinski definition) is 2. The number of hydrogen-bond donors (Lipinski definition) is 1. The smallest absolute Gasteiger partial charge is 0.246 e. The molecule has 2 unspecified atom stereocenters. The van der Waals surface area contributed by atoms with Gasteiger partial charge in [0.25, 0.3) is 0 Å². The molecule has 2 rings (SSSR count). The topological polar surface area (TPSA) is 49.4 Å². The Balaban J connectivity index is 2.15. The molecule has 4 nitrogen and oxygen atoms in total. The minimum absolute atomic E-state index is 0.0105. The maximum absolute atomic E-state index is 12.5. The molecule has 2 atom stereocenters. The van der Waals surface area contributed by atoms with Crippen molar-refractivity contribution in [2.75, 3.05) is 6.54 Å². The van der Waals surface area contributed by atoms with E-state index in [0.717, 1.165) is 25.7 Å². The van der Waals surface area contributed by atoms with Gasteiger partial charge in [-0.2, -0.15) is 0 Å². The number of carbonyl (C=O) groups excluding carboxylic acids is 2. The number of nitrogens with zero attached hydrogens (tertiary/aromatic N) is 1. The van der Waals surface area contributed by atoms with Gasteiger partial charge in [-0.25, -0.2) is 0 Å². The van der Waals surface area contributed by atoms with Crippen LogP contribution < -0.4 is 5.32 Å². The quantitative estimate of drug-likeness (QED) is 0.780. The van der Waals surface area contributed by atoms with Gasteiger partial charge in [0.15, 0.2) is 0 Å². The van der Waals surface area contributed by atoms with Crippen LogP contribution in [0.25, 0.3) is 0 Å². The van der Waals surface area contributed by atoms with Gasteiger partial charge in [-0.3, -0.25) is 9.59 Å². The van der Waals surface area contributed by atoms with Gasteiger partial charge in [-0.05, 0) is 25.2 Å². The molecule has 2 amide bonds. The summed E-state index contributed by atoms with van der Waals surface area (Å²) in [4.78, 5) is 26.3. The molecular formula is C15H22N2O2. The summed E-state index contributed by atoms with van der Waals surface area (Å²) in [7, 11) is 0. The van der Waals surface area contributed by atoms with Gasteiger partial charge in [0.05, 0.1) is 6.54 Å². The molecule has 0 aromatic rings. The number of rotatable bonds is 3. The second-order valence-corrected chi connectivity index (χ2v) is 5.48. The first-order valence-electron chi connectivity index (χ1n) is 7.23. The van der Waals surface area contributed by atoms with Gasteiger partial charge in [0, 0.05) is 0 Å². The summed E-state index contributed by atoms with van der Waals surface area (Å²) in [6.45, 7) is 2.13. The molecule has 0 bridgehead atoms. The maximum Gasteiger partial charge on any atom is 0.246 e. The Bertz CT molecular complexity index is 393. The molecule has 19 heavy (non-hydrogen) atoms. The molecule has 0 aromatic carbocycles. The van der Waals surface area contributed by atoms with Crippen molar-refractivity contribution in [3.05, 3.63) is 0 Å². The van der Waals surface area contributed by atoms with Crippen LogP contribution in [0.5, 0.6) is 0 Å². The third-order valence-corrected chi connectivity index (χ3v) is 4.30. The van der Waals surface area contributed by atoms with E-state index in [1.54, 1.807) is 4.90 Å². The normalized spacial score (nSPS) is 28.9. The van der Waals surface area contributed by atoms with Crippen molar-refractivity contribution in [1.29, 1.82) is 0 Å². The summed E-state index contributed by atoms with van der Waals surface area (Å²) in [5.74, 6) is 2.74. The Labute approximate surface area is 114 Å². The molecule has 2 aliphatic rings. The monoisotopic (exact) mass is 262 g/mol. The van der Waals surface area contributed by atoms with Crippen LogP contribution in [-0.2, 0) is 9.59 Å². The number of piperazine rings is 1. The van der Waals surface area contributed by atoms with Gasteiger partial charge >= 0.3 is 0 Å². The minimum Gasteiger partial charge on any atom is -0.342 e. The first-order valence-corrected chi connectivity index (χ1v) is 7.23. The van der Waals surface area contributed by atoms with E-state index in [1.807, 2.05) is 6.92 Å². The molecule has 0 spiro atoms. The van der Waals surface area contributed by atoms with E-state index in [4.69, 9.17) is 6.42 Å². The molecule has 1 saturated carbocycles. The third-order valence-electron chi connectivity index (χ3n) is 4.30. The van der Waals surface area contributed by atoms with E-state index in [9.17, 15) is 9.59 Å². The number of carbonyl (C=O) groups is 2. The standard InChI is InChI=1S/C15H22N2O2/c1-3-10-17-12(4-2)14(18)16-13(15(17)19)11-8-6-5-7-9-11/h1,11-13H,4-10H2,2H3,(H,16,18). The van der Waals surface area contributed by atoms with Crippen molar-refractivity contribution >= 4 is 11.8 Å². The lowest BCUT2D eigenvalue weighted by Gasteiger charge is -2.41. The zero-order chi connectivity index (χ0) is 13.8. The average molecular weight is 262 g/mol. The molecule has 0 radical (unpaired) electrons. The second-order valence-electron chi connectivity index (χ2n) is 5.48. The van der Waals surface area contributed by atoms with Gasteiger partial charge in [-0.15, -0.1) is 6.42 Å². The van der Waals surface area contributed by atoms with Crippen molar-refractivity contribution in [3.63, 3.8) is 0 Å². The third kappa shape index (κ3) is 2.75. The SMILES string of the molecule is C#CCN1C(=O)C(C2CCCCC2)NC(=O)C1CC. The lowest BCUT2D eigenvalue weighted by Crippen LogP contribution is -2.65. The second kappa shape index (κ2) is 6.10. The van der Waals surface area contributed by atoms with Crippen LogP contribution in [0.4, 0.5) is 0 Å². The fraction of sp³-hybridized carbons (Fsp3) is 0.733. The van der Waals surface area contributed by atoms with Gasteiger partial charge in [0.2, 0.25) is 11.8 Å². The highest BCUT2D eigenvalue weighted by Gasteiger charge is 2.42. The Morgan fingerprint density at radius 3 is 2.58 bits per heavy atom. The summed E-state index contributed by atoms with van der Waals surface area (Å²) in [5, 5.41) is 2.93. The van der Waals surface area contributed by atoms with Gasteiger partial charge in [0.1, 0.15) is 12.1 Å². The highest BCUT2D eigenvalue weighted by molar-refractivity contribution is 5.97. The molecule has 0 aromatic heterocycles. The minimum atomic E-state index is -0.400. The zero-order valence-corrected chi connectivity index (χ0v) is 11.5. The molecule has 1 heterocycles. The van der Waals surface area contributed by atoms with Crippen molar-refractivity contribution in [3.8, 4) is 12.3 Å². The Morgan fingerprint density at radius 1 is 1.32 bits per heavy atom. The number of amides is 2. The van der Waals surface area contributed by atoms with E-state index in [0.29, 0.717) is 6.42 Å². The summed E-state index contributed by atoms with van der Waals surface area (Å²) < 4.78 is 0. The van der Waals surface area contributed by atoms with Gasteiger partial charge < -0.3 is 10.2 Å². The van der Waals surface area contributed by atoms with Crippen molar-refractivity contribution in [2.24, 2.45) is 5.92 Å². The predicted octanol–water partition coefficient (Wildman–Crippen LogP) is 1.31. The first-order chi connectivity index (χ1) is 9.19. The average Bonchev–Trinajstić information content (AvgIpc) is 2.44. The van der Waals surface area contributed by atoms with E-state index in [-0.39, 0.29) is 30.3 Å². The fourth-order valence-electron chi connectivity index (χ4n) is 3.26. The molecular weight excluding hydrogens is 240 g/mol. The fourth-order valence-corrected chi connectivity index (χ4v) is 3.26. The van der Waals surface area contributed by atoms with Crippen LogP contribution >= 0.6 is 0 Å². The van der Waals surface area contributed by atoms with Crippen LogP contribution in [0.15, 0.2) is 0 Å². The van der Waals surface area contributed by atoms with Crippen LogP contribution in [0.2, 0.25) is 0 Å². The highest BCUT2D eigenvalue weighted by Crippen LogP contribution is 2.29. The van der Waals surface area contributed by atoms with Crippen LogP contribution in [-0.4, -0.2) is 35.3 Å². The molecule has 4 heteroatoms. The molecule has 104 valence electrons. The molecule has 1 aliphatic carbocycles. The first kappa shape index (κ1) is 13.9. The molecule has 2 fully saturated rings. The van der Waals surface area contributed by atoms with Crippen LogP contribution in [0, 0.1) is 18.3 Å². The van der Waals surface area contributed by atoms with Crippen LogP contribution in [0.3, 0.4) is 0 Å². The largest absolute Gasteiger partial charge is 0.342 e. The summed E-state index contributed by atoms with van der Waals surface area (Å²) >= 11 is 0. The van der Waals surface area contributed by atoms with Crippen LogP contribution in [0.1, 0.15) is 45.4 Å². The Hall–Kier alpha value is -1.50. The summed E-state index contributed by atoms with van der Waals surface area (Å²) in [5.41, 5.74) is 0. The van der Waals surface area contributed by atoms with E-state index in [1.165, 1.54) is 6.42 Å². The number of terminal acetylenes is 1. The molecule has 1 N–H and O–H groups in total. The van der Waals surface area contributed by atoms with Crippen molar-refractivity contribution in [1.82, 2.24) is 10.2 Å². The Kier molecular flexibility index (Phi) is 4.47. The highest BCUT2D eigenvalue weighted by atomic mass is 16.2. The summed E-state index contributed by atoms with van der Waals surface area (Å²) in [6, 6.07) is -0.757. The van der Waals surface area contributed by atoms with E-state index < -0.39 is 6.04 Å². The van der Waals surface area contributed by atoms with Gasteiger partial charge in [-0.1, -0.05) is 32.1 Å². The molecule has 1 aliphatic heterocycles. The maximum atomic E-state index is 12.5. The Morgan fingerprint density at radius 2 is 2.00 bits per heavy atom. The van der Waals surface area contributed by atoms with E-state index >= 15 is 0 Å². The summed E-state index contributed by atoms with van der Waals surface area (Å²) in [6.07, 6.45) is 11.5. The lowest BCUT2D eigenvalue weighted by molar-refractivity contribution is -0.150. The predicted molar refractivity (Wildman–Crippen MR) is 73.1 cm³/mol. The number of nitrogens with one attached hydrogen (secondary N) is 1.